The Morgan fingerprint density at radius 1 is 1.21 bits per heavy atom. The second-order valence-corrected chi connectivity index (χ2v) is 11.9. The Balaban J connectivity index is 1.63. The number of nitrogens with zero attached hydrogens (tertiary/aromatic N) is 1. The number of allylic oxidation sites excluding steroid dienone is 1. The second-order valence-electron chi connectivity index (χ2n) is 11.9. The van der Waals surface area contributed by atoms with Gasteiger partial charge >= 0.3 is 5.97 Å². The van der Waals surface area contributed by atoms with Gasteiger partial charge in [-0.15, -0.1) is 6.58 Å². The van der Waals surface area contributed by atoms with Crippen molar-refractivity contribution in [2.45, 2.75) is 103 Å². The largest absolute Gasteiger partial charge is 0.457 e. The summed E-state index contributed by atoms with van der Waals surface area (Å²) in [7, 11) is 0. The van der Waals surface area contributed by atoms with Crippen molar-refractivity contribution in [3.05, 3.63) is 42.3 Å². The summed E-state index contributed by atoms with van der Waals surface area (Å²) in [6.07, 6.45) is 1.50. The number of Topliss-reactive ketones (excluding diaryl/α,β-unsaturated/α-hetero) is 1. The number of hydrogen-bond acceptors (Lipinski definition) is 8. The highest BCUT2D eigenvalue weighted by Crippen LogP contribution is 2.47. The van der Waals surface area contributed by atoms with Gasteiger partial charge in [0.2, 0.25) is 0 Å². The third-order valence-electron chi connectivity index (χ3n) is 8.54. The molecule has 2 N–H and O–H groups in total. The summed E-state index contributed by atoms with van der Waals surface area (Å²) in [6.45, 7) is 12.8. The molecule has 2 fully saturated rings. The van der Waals surface area contributed by atoms with Crippen LogP contribution >= 0.6 is 0 Å². The third kappa shape index (κ3) is 5.87. The van der Waals surface area contributed by atoms with E-state index in [0.717, 1.165) is 24.8 Å². The molecule has 2 aliphatic heterocycles. The van der Waals surface area contributed by atoms with E-state index in [9.17, 15) is 19.8 Å². The molecule has 0 bridgehead atoms. The van der Waals surface area contributed by atoms with Crippen LogP contribution in [0.25, 0.3) is 11.1 Å². The highest BCUT2D eigenvalue weighted by atomic mass is 16.6. The first-order valence-electron chi connectivity index (χ1n) is 13.6. The number of carbonyl (C=O) groups is 2. The summed E-state index contributed by atoms with van der Waals surface area (Å²) in [5.41, 5.74) is 0.481. The molecule has 3 heterocycles. The van der Waals surface area contributed by atoms with Crippen LogP contribution in [-0.4, -0.2) is 50.9 Å². The van der Waals surface area contributed by atoms with E-state index < -0.39 is 35.6 Å². The van der Waals surface area contributed by atoms with E-state index in [1.807, 2.05) is 25.1 Å². The minimum atomic E-state index is -1.28. The maximum Gasteiger partial charge on any atom is 0.309 e. The number of hydrogen-bond donors (Lipinski definition) is 2. The fourth-order valence-electron chi connectivity index (χ4n) is 5.70. The van der Waals surface area contributed by atoms with E-state index in [2.05, 4.69) is 18.5 Å². The van der Waals surface area contributed by atoms with E-state index in [1.54, 1.807) is 26.8 Å². The lowest BCUT2D eigenvalue weighted by Gasteiger charge is -2.35. The van der Waals surface area contributed by atoms with Crippen LogP contribution < -0.4 is 0 Å². The lowest BCUT2D eigenvalue weighted by Crippen LogP contribution is -2.46. The van der Waals surface area contributed by atoms with Crippen LogP contribution in [0.3, 0.4) is 0 Å². The predicted octanol–water partition coefficient (Wildman–Crippen LogP) is 4.99. The minimum Gasteiger partial charge on any atom is -0.457 e. The van der Waals surface area contributed by atoms with Crippen molar-refractivity contribution in [3.63, 3.8) is 0 Å². The fourth-order valence-corrected chi connectivity index (χ4v) is 5.70. The topological polar surface area (TPSA) is 122 Å². The zero-order valence-electron chi connectivity index (χ0n) is 23.1. The molecule has 7 atom stereocenters. The van der Waals surface area contributed by atoms with Crippen molar-refractivity contribution in [2.24, 2.45) is 17.3 Å². The van der Waals surface area contributed by atoms with Gasteiger partial charge < -0.3 is 24.1 Å². The molecular weight excluding hydrogens is 486 g/mol. The number of epoxide rings is 1. The smallest absolute Gasteiger partial charge is 0.309 e. The van der Waals surface area contributed by atoms with Crippen LogP contribution in [-0.2, 0) is 19.1 Å². The van der Waals surface area contributed by atoms with E-state index in [1.165, 1.54) is 0 Å². The maximum atomic E-state index is 13.6. The lowest BCUT2D eigenvalue weighted by molar-refractivity contribution is -0.156. The molecule has 38 heavy (non-hydrogen) atoms. The van der Waals surface area contributed by atoms with Crippen LogP contribution in [0.2, 0.25) is 0 Å². The van der Waals surface area contributed by atoms with E-state index in [4.69, 9.17) is 13.9 Å². The Morgan fingerprint density at radius 3 is 2.66 bits per heavy atom. The van der Waals surface area contributed by atoms with Crippen LogP contribution in [0.5, 0.6) is 0 Å². The second kappa shape index (κ2) is 10.9. The Hall–Kier alpha value is -2.55. The van der Waals surface area contributed by atoms with Crippen LogP contribution in [0.1, 0.15) is 83.8 Å². The van der Waals surface area contributed by atoms with E-state index in [0.29, 0.717) is 29.8 Å². The Bertz CT molecular complexity index is 1190. The molecule has 8 nitrogen and oxygen atoms in total. The van der Waals surface area contributed by atoms with Gasteiger partial charge in [0, 0.05) is 19.3 Å². The summed E-state index contributed by atoms with van der Waals surface area (Å²) < 4.78 is 17.6. The predicted molar refractivity (Wildman–Crippen MR) is 142 cm³/mol. The number of benzene rings is 1. The first-order valence-corrected chi connectivity index (χ1v) is 13.6. The number of cyclic esters (lactones) is 1. The standard InChI is InChI=1S/C30H41NO7/c1-7-9-20-27(34)17(2)10-8-13-30(6)25(38-30)15-23(19-11-12-22-21(14-19)31-18(3)36-22)37-26(33)16-24(32)29(4,5)28(20)35/h7,11-12,14,17,20,23-25,27,32,34H,1,8-10,13,15-16H2,2-6H3/t17-,20+,23-,24-,25-,27+,30+/m0/s1. The molecule has 2 aliphatic rings. The molecule has 0 amide bonds. The number of aliphatic hydroxyl groups excluding tert-OH is 2. The van der Waals surface area contributed by atoms with Crippen LogP contribution in [0.4, 0.5) is 0 Å². The molecule has 2 aromatic rings. The molecule has 0 aliphatic carbocycles. The van der Waals surface area contributed by atoms with Crippen LogP contribution in [0.15, 0.2) is 35.3 Å². The Morgan fingerprint density at radius 2 is 1.95 bits per heavy atom. The zero-order valence-corrected chi connectivity index (χ0v) is 23.1. The van der Waals surface area contributed by atoms with Crippen molar-refractivity contribution in [1.29, 1.82) is 0 Å². The average molecular weight is 528 g/mol. The average Bonchev–Trinajstić information content (AvgIpc) is 3.32. The monoisotopic (exact) mass is 527 g/mol. The number of rotatable bonds is 3. The summed E-state index contributed by atoms with van der Waals surface area (Å²) in [4.78, 5) is 31.1. The SMILES string of the molecule is C=CC[C@H]1C(=O)C(C)(C)[C@@H](O)CC(=O)O[C@H](c2ccc3oc(C)nc3c2)C[C@@H]2O[C@]2(C)CCC[C@H](C)[C@H]1O. The normalized spacial score (nSPS) is 34.9. The first-order chi connectivity index (χ1) is 17.9. The number of carbonyl (C=O) groups excluding carboxylic acids is 2. The molecule has 0 radical (unpaired) electrons. The van der Waals surface area contributed by atoms with Gasteiger partial charge in [-0.2, -0.15) is 0 Å². The van der Waals surface area contributed by atoms with Gasteiger partial charge in [0.1, 0.15) is 17.4 Å². The van der Waals surface area contributed by atoms with E-state index >= 15 is 0 Å². The minimum absolute atomic E-state index is 0.0976. The number of oxazole rings is 1. The van der Waals surface area contributed by atoms with Crippen molar-refractivity contribution in [3.8, 4) is 0 Å². The highest BCUT2D eigenvalue weighted by Gasteiger charge is 2.53. The molecular formula is C30H41NO7. The summed E-state index contributed by atoms with van der Waals surface area (Å²) in [5.74, 6) is -1.19. The molecule has 1 aromatic carbocycles. The van der Waals surface area contributed by atoms with Gasteiger partial charge in [-0.25, -0.2) is 4.98 Å². The van der Waals surface area contributed by atoms with Gasteiger partial charge in [-0.1, -0.05) is 39.3 Å². The molecule has 8 heteroatoms. The van der Waals surface area contributed by atoms with E-state index in [-0.39, 0.29) is 29.8 Å². The van der Waals surface area contributed by atoms with Crippen molar-refractivity contribution < 1.29 is 33.7 Å². The van der Waals surface area contributed by atoms with Crippen molar-refractivity contribution in [1.82, 2.24) is 4.98 Å². The number of aliphatic hydroxyl groups is 2. The van der Waals surface area contributed by atoms with Gasteiger partial charge in [0.25, 0.3) is 0 Å². The molecule has 2 saturated heterocycles. The van der Waals surface area contributed by atoms with Gasteiger partial charge in [-0.05, 0) is 49.8 Å². The fraction of sp³-hybridized carbons (Fsp3) is 0.633. The third-order valence-corrected chi connectivity index (χ3v) is 8.54. The Kier molecular flexibility index (Phi) is 8.17. The number of aromatic nitrogens is 1. The van der Waals surface area contributed by atoms with Crippen molar-refractivity contribution in [2.75, 3.05) is 0 Å². The molecule has 4 rings (SSSR count). The van der Waals surface area contributed by atoms with Crippen molar-refractivity contribution >= 4 is 22.9 Å². The quantitative estimate of drug-likeness (QED) is 0.325. The maximum absolute atomic E-state index is 13.6. The molecule has 0 unspecified atom stereocenters. The Labute approximate surface area is 224 Å². The van der Waals surface area contributed by atoms with Crippen LogP contribution in [0, 0.1) is 24.2 Å². The summed E-state index contributed by atoms with van der Waals surface area (Å²) in [5, 5.41) is 22.2. The lowest BCUT2D eigenvalue weighted by atomic mass is 9.71. The van der Waals surface area contributed by atoms with Gasteiger partial charge in [-0.3, -0.25) is 9.59 Å². The number of fused-ring (bicyclic) bond motifs is 2. The van der Waals surface area contributed by atoms with Gasteiger partial charge in [0.05, 0.1) is 35.7 Å². The van der Waals surface area contributed by atoms with Gasteiger partial charge in [0.15, 0.2) is 11.5 Å². The summed E-state index contributed by atoms with van der Waals surface area (Å²) in [6, 6.07) is 5.53. The molecule has 208 valence electrons. The highest BCUT2D eigenvalue weighted by molar-refractivity contribution is 5.88. The number of ether oxygens (including phenoxy) is 2. The first kappa shape index (κ1) is 28.5. The number of ketones is 1. The molecule has 0 spiro atoms. The molecule has 0 saturated carbocycles. The molecule has 1 aromatic heterocycles. The summed E-state index contributed by atoms with van der Waals surface area (Å²) >= 11 is 0. The zero-order chi connectivity index (χ0) is 27.8. The number of esters is 1. The number of aryl methyl sites for hydroxylation is 1.